The van der Waals surface area contributed by atoms with Gasteiger partial charge in [-0.25, -0.2) is 16.8 Å². The van der Waals surface area contributed by atoms with E-state index in [1.807, 2.05) is 0 Å². The van der Waals surface area contributed by atoms with E-state index in [-0.39, 0.29) is 0 Å². The summed E-state index contributed by atoms with van der Waals surface area (Å²) in [7, 11) is -4.01. The third-order valence-corrected chi connectivity index (χ3v) is 4.38. The van der Waals surface area contributed by atoms with Gasteiger partial charge in [0.2, 0.25) is 9.84 Å². The zero-order valence-corrected chi connectivity index (χ0v) is 9.86. The first-order chi connectivity index (χ1) is 7.15. The Morgan fingerprint density at radius 2 is 1.56 bits per heavy atom. The summed E-state index contributed by atoms with van der Waals surface area (Å²) in [5.74, 6) is -3.61. The maximum Gasteiger partial charge on any atom is 0.341 e. The zero-order valence-electron chi connectivity index (χ0n) is 7.47. The fraction of sp³-hybridized carbons (Fsp3) is 0.143. The topological polar surface area (TPSA) is 68.3 Å². The largest absolute Gasteiger partial charge is 0.341 e. The molecule has 9 heteroatoms. The Bertz CT molecular complexity index is 595. The third kappa shape index (κ3) is 2.69. The lowest BCUT2D eigenvalue weighted by Gasteiger charge is -2.03. The standard InChI is InChI=1S/C7H5ClF2O4S2/c8-16(13,14)6-3-1-2-5(4-6)15(11,12)7(9)10/h1-4,7H. The predicted octanol–water partition coefficient (Wildman–Crippen LogP) is 1.61. The molecular formula is C7H5ClF2O4S2. The fourth-order valence-corrected chi connectivity index (χ4v) is 2.54. The predicted molar refractivity (Wildman–Crippen MR) is 52.7 cm³/mol. The summed E-state index contributed by atoms with van der Waals surface area (Å²) in [6, 6.07) is 3.48. The van der Waals surface area contributed by atoms with Crippen molar-refractivity contribution in [2.75, 3.05) is 0 Å². The molecule has 0 saturated carbocycles. The molecule has 90 valence electrons. The maximum absolute atomic E-state index is 12.2. The first-order valence-electron chi connectivity index (χ1n) is 3.72. The van der Waals surface area contributed by atoms with Gasteiger partial charge in [0, 0.05) is 10.7 Å². The SMILES string of the molecule is O=S(=O)(Cl)c1cccc(S(=O)(=O)C(F)F)c1. The highest BCUT2D eigenvalue weighted by molar-refractivity contribution is 8.13. The van der Waals surface area contributed by atoms with Crippen molar-refractivity contribution in [1.29, 1.82) is 0 Å². The van der Waals surface area contributed by atoms with E-state index < -0.39 is 34.4 Å². The van der Waals surface area contributed by atoms with Gasteiger partial charge in [0.15, 0.2) is 0 Å². The van der Waals surface area contributed by atoms with E-state index >= 15 is 0 Å². The Labute approximate surface area is 95.2 Å². The van der Waals surface area contributed by atoms with E-state index in [4.69, 9.17) is 10.7 Å². The average Bonchev–Trinajstić information content (AvgIpc) is 2.16. The summed E-state index contributed by atoms with van der Waals surface area (Å²) in [4.78, 5) is -1.33. The molecule has 4 nitrogen and oxygen atoms in total. The van der Waals surface area contributed by atoms with Crippen LogP contribution in [0.2, 0.25) is 0 Å². The zero-order chi connectivity index (χ0) is 12.6. The molecule has 1 aromatic rings. The first kappa shape index (κ1) is 13.3. The van der Waals surface area contributed by atoms with Crippen molar-refractivity contribution in [2.24, 2.45) is 0 Å². The van der Waals surface area contributed by atoms with Gasteiger partial charge in [-0.15, -0.1) is 0 Å². The second kappa shape index (κ2) is 4.27. The van der Waals surface area contributed by atoms with Gasteiger partial charge in [-0.3, -0.25) is 0 Å². The Kier molecular flexibility index (Phi) is 3.56. The minimum atomic E-state index is -4.82. The Morgan fingerprint density at radius 3 is 2.00 bits per heavy atom. The highest BCUT2D eigenvalue weighted by atomic mass is 35.7. The molecule has 0 spiro atoms. The highest BCUT2D eigenvalue weighted by Crippen LogP contribution is 2.22. The average molecular weight is 291 g/mol. The molecule has 1 aromatic carbocycles. The van der Waals surface area contributed by atoms with Crippen molar-refractivity contribution in [3.05, 3.63) is 24.3 Å². The van der Waals surface area contributed by atoms with Gasteiger partial charge < -0.3 is 0 Å². The number of alkyl halides is 2. The minimum Gasteiger partial charge on any atom is -0.218 e. The second-order valence-electron chi connectivity index (χ2n) is 2.72. The van der Waals surface area contributed by atoms with E-state index in [0.717, 1.165) is 18.2 Å². The molecule has 0 unspecified atom stereocenters. The van der Waals surface area contributed by atoms with Crippen LogP contribution in [0.1, 0.15) is 0 Å². The number of hydrogen-bond donors (Lipinski definition) is 0. The maximum atomic E-state index is 12.2. The van der Waals surface area contributed by atoms with Crippen molar-refractivity contribution in [2.45, 2.75) is 15.5 Å². The van der Waals surface area contributed by atoms with Gasteiger partial charge in [-0.1, -0.05) is 6.07 Å². The van der Waals surface area contributed by atoms with Crippen molar-refractivity contribution in [3.63, 3.8) is 0 Å². The summed E-state index contributed by atoms with van der Waals surface area (Å²) in [6.45, 7) is 0. The second-order valence-corrected chi connectivity index (χ2v) is 7.20. The van der Waals surface area contributed by atoms with Crippen molar-refractivity contribution in [1.82, 2.24) is 0 Å². The number of hydrogen-bond acceptors (Lipinski definition) is 4. The smallest absolute Gasteiger partial charge is 0.218 e. The third-order valence-electron chi connectivity index (χ3n) is 1.65. The summed E-state index contributed by atoms with van der Waals surface area (Å²) < 4.78 is 68.1. The van der Waals surface area contributed by atoms with Crippen molar-refractivity contribution in [3.8, 4) is 0 Å². The number of rotatable bonds is 3. The van der Waals surface area contributed by atoms with Gasteiger partial charge in [-0.05, 0) is 18.2 Å². The lowest BCUT2D eigenvalue weighted by molar-refractivity contribution is 0.234. The van der Waals surface area contributed by atoms with E-state index in [2.05, 4.69) is 0 Å². The normalized spacial score (nSPS) is 13.0. The quantitative estimate of drug-likeness (QED) is 0.793. The molecule has 0 aliphatic heterocycles. The molecule has 1 rings (SSSR count). The molecule has 0 atom stereocenters. The van der Waals surface area contributed by atoms with Crippen LogP contribution in [0.25, 0.3) is 0 Å². The molecule has 0 heterocycles. The van der Waals surface area contributed by atoms with Gasteiger partial charge in [-0.2, -0.15) is 8.78 Å². The van der Waals surface area contributed by atoms with E-state index in [9.17, 15) is 25.6 Å². The summed E-state index contributed by atoms with van der Waals surface area (Å²) in [5, 5.41) is 0. The molecule has 0 radical (unpaired) electrons. The van der Waals surface area contributed by atoms with Gasteiger partial charge >= 0.3 is 5.76 Å². The molecule has 16 heavy (non-hydrogen) atoms. The van der Waals surface area contributed by atoms with Crippen LogP contribution in [0.4, 0.5) is 8.78 Å². The lowest BCUT2D eigenvalue weighted by Crippen LogP contribution is -2.11. The van der Waals surface area contributed by atoms with E-state index in [0.29, 0.717) is 6.07 Å². The number of halogens is 3. The lowest BCUT2D eigenvalue weighted by atomic mass is 10.4. The van der Waals surface area contributed by atoms with Crippen LogP contribution in [0.5, 0.6) is 0 Å². The molecule has 0 aliphatic carbocycles. The van der Waals surface area contributed by atoms with Crippen molar-refractivity contribution >= 4 is 29.6 Å². The van der Waals surface area contributed by atoms with E-state index in [1.54, 1.807) is 0 Å². The van der Waals surface area contributed by atoms with Gasteiger partial charge in [0.1, 0.15) is 0 Å². The van der Waals surface area contributed by atoms with Gasteiger partial charge in [0.05, 0.1) is 9.79 Å². The molecule has 0 amide bonds. The fourth-order valence-electron chi connectivity index (χ4n) is 0.906. The molecule has 0 saturated heterocycles. The molecular weight excluding hydrogens is 286 g/mol. The summed E-state index contributed by atoms with van der Waals surface area (Å²) in [6.07, 6.45) is 0. The molecule has 0 fully saturated rings. The van der Waals surface area contributed by atoms with Crippen LogP contribution in [-0.2, 0) is 18.9 Å². The van der Waals surface area contributed by atoms with Crippen molar-refractivity contribution < 1.29 is 25.6 Å². The summed E-state index contributed by atoms with van der Waals surface area (Å²) in [5.41, 5.74) is 0. The van der Waals surface area contributed by atoms with Crippen LogP contribution in [0.15, 0.2) is 34.1 Å². The Morgan fingerprint density at radius 1 is 1.06 bits per heavy atom. The molecule has 0 N–H and O–H groups in total. The number of sulfone groups is 1. The summed E-state index contributed by atoms with van der Waals surface area (Å²) >= 11 is 0. The van der Waals surface area contributed by atoms with Crippen LogP contribution < -0.4 is 0 Å². The van der Waals surface area contributed by atoms with Crippen LogP contribution in [-0.4, -0.2) is 22.6 Å². The van der Waals surface area contributed by atoms with Crippen LogP contribution in [0.3, 0.4) is 0 Å². The van der Waals surface area contributed by atoms with Gasteiger partial charge in [0.25, 0.3) is 9.05 Å². The van der Waals surface area contributed by atoms with Crippen LogP contribution >= 0.6 is 10.7 Å². The first-order valence-corrected chi connectivity index (χ1v) is 7.58. The molecule has 0 aromatic heterocycles. The van der Waals surface area contributed by atoms with E-state index in [1.165, 1.54) is 0 Å². The monoisotopic (exact) mass is 290 g/mol. The molecule has 0 bridgehead atoms. The molecule has 0 aliphatic rings. The Balaban J connectivity index is 3.41. The highest BCUT2D eigenvalue weighted by Gasteiger charge is 2.27. The Hall–Kier alpha value is -0.730. The number of benzene rings is 1. The van der Waals surface area contributed by atoms with Crippen LogP contribution in [0, 0.1) is 0 Å². The minimum absolute atomic E-state index is 0.545.